The number of carbonyl (C=O) groups is 2. The van der Waals surface area contributed by atoms with Crippen LogP contribution in [0, 0.1) is 17.1 Å². The molecular formula is C12H10FNO3. The van der Waals surface area contributed by atoms with Gasteiger partial charge in [-0.05, 0) is 24.6 Å². The fraction of sp³-hybridized carbons (Fsp3) is 0.250. The Morgan fingerprint density at radius 2 is 2.29 bits per heavy atom. The van der Waals surface area contributed by atoms with Crippen LogP contribution in [0.1, 0.15) is 28.4 Å². The Morgan fingerprint density at radius 1 is 1.59 bits per heavy atom. The Kier molecular flexibility index (Phi) is 4.35. The molecule has 0 aromatic heterocycles. The predicted molar refractivity (Wildman–Crippen MR) is 56.8 cm³/mol. The number of hydrogen-bond donors (Lipinski definition) is 0. The molecule has 88 valence electrons. The summed E-state index contributed by atoms with van der Waals surface area (Å²) in [7, 11) is 0. The topological polar surface area (TPSA) is 67.2 Å². The average Bonchev–Trinajstić information content (AvgIpc) is 2.31. The maximum atomic E-state index is 13.5. The number of carbonyl (C=O) groups excluding carboxylic acids is 2. The highest BCUT2D eigenvalue weighted by atomic mass is 19.1. The number of hydrogen-bond acceptors (Lipinski definition) is 4. The quantitative estimate of drug-likeness (QED) is 0.587. The predicted octanol–water partition coefficient (Wildman–Crippen LogP) is 1.62. The van der Waals surface area contributed by atoms with Crippen molar-refractivity contribution in [1.29, 1.82) is 5.26 Å². The summed E-state index contributed by atoms with van der Waals surface area (Å²) >= 11 is 0. The SMILES string of the molecule is CCOC(=O)Cc1cc(C=O)c(C#N)cc1F. The van der Waals surface area contributed by atoms with Gasteiger partial charge in [0.05, 0.1) is 24.7 Å². The molecule has 0 bridgehead atoms. The van der Waals surface area contributed by atoms with E-state index in [9.17, 15) is 14.0 Å². The second-order valence-electron chi connectivity index (χ2n) is 3.24. The van der Waals surface area contributed by atoms with Crippen LogP contribution in [0.2, 0.25) is 0 Å². The van der Waals surface area contributed by atoms with Gasteiger partial charge in [0.1, 0.15) is 5.82 Å². The second kappa shape index (κ2) is 5.75. The first-order valence-corrected chi connectivity index (χ1v) is 4.95. The summed E-state index contributed by atoms with van der Waals surface area (Å²) in [6, 6.07) is 3.84. The molecule has 0 heterocycles. The van der Waals surface area contributed by atoms with E-state index in [1.165, 1.54) is 6.07 Å². The van der Waals surface area contributed by atoms with Gasteiger partial charge < -0.3 is 4.74 Å². The Morgan fingerprint density at radius 3 is 2.82 bits per heavy atom. The maximum absolute atomic E-state index is 13.5. The molecule has 5 heteroatoms. The molecule has 0 aliphatic rings. The lowest BCUT2D eigenvalue weighted by Gasteiger charge is -2.05. The molecule has 0 N–H and O–H groups in total. The zero-order chi connectivity index (χ0) is 12.8. The molecular weight excluding hydrogens is 225 g/mol. The summed E-state index contributed by atoms with van der Waals surface area (Å²) in [5.41, 5.74) is 0.0582. The van der Waals surface area contributed by atoms with Crippen LogP contribution in [0.5, 0.6) is 0 Å². The molecule has 0 fully saturated rings. The van der Waals surface area contributed by atoms with Crippen LogP contribution in [0.25, 0.3) is 0 Å². The zero-order valence-corrected chi connectivity index (χ0v) is 9.20. The van der Waals surface area contributed by atoms with Crippen LogP contribution in [0.15, 0.2) is 12.1 Å². The number of esters is 1. The molecule has 0 aliphatic carbocycles. The van der Waals surface area contributed by atoms with Crippen molar-refractivity contribution in [1.82, 2.24) is 0 Å². The van der Waals surface area contributed by atoms with E-state index in [1.807, 2.05) is 0 Å². The van der Waals surface area contributed by atoms with Crippen LogP contribution in [0.4, 0.5) is 4.39 Å². The number of aldehydes is 1. The molecule has 17 heavy (non-hydrogen) atoms. The third kappa shape index (κ3) is 3.11. The largest absolute Gasteiger partial charge is 0.466 e. The molecule has 4 nitrogen and oxygen atoms in total. The Bertz CT molecular complexity index is 491. The number of rotatable bonds is 4. The normalized spacial score (nSPS) is 9.47. The summed E-state index contributed by atoms with van der Waals surface area (Å²) < 4.78 is 18.2. The van der Waals surface area contributed by atoms with Crippen molar-refractivity contribution in [3.05, 3.63) is 34.6 Å². The van der Waals surface area contributed by atoms with E-state index in [2.05, 4.69) is 4.74 Å². The Balaban J connectivity index is 3.05. The first-order chi connectivity index (χ1) is 8.12. The number of ether oxygens (including phenoxy) is 1. The van der Waals surface area contributed by atoms with E-state index in [4.69, 9.17) is 5.26 Å². The number of halogens is 1. The van der Waals surface area contributed by atoms with E-state index in [0.29, 0.717) is 6.29 Å². The van der Waals surface area contributed by atoms with Crippen molar-refractivity contribution in [2.75, 3.05) is 6.61 Å². The van der Waals surface area contributed by atoms with E-state index in [0.717, 1.165) is 6.07 Å². The third-order valence-corrected chi connectivity index (χ3v) is 2.11. The molecule has 0 radical (unpaired) electrons. The van der Waals surface area contributed by atoms with Crippen molar-refractivity contribution < 1.29 is 18.7 Å². The number of nitrogens with zero attached hydrogens (tertiary/aromatic N) is 1. The molecule has 0 atom stereocenters. The van der Waals surface area contributed by atoms with Crippen LogP contribution in [0.3, 0.4) is 0 Å². The van der Waals surface area contributed by atoms with E-state index in [-0.39, 0.29) is 29.7 Å². The number of nitriles is 1. The summed E-state index contributed by atoms with van der Waals surface area (Å²) in [4.78, 5) is 21.8. The lowest BCUT2D eigenvalue weighted by atomic mass is 10.0. The Labute approximate surface area is 97.6 Å². The molecule has 0 saturated carbocycles. The highest BCUT2D eigenvalue weighted by molar-refractivity contribution is 5.81. The van der Waals surface area contributed by atoms with Crippen LogP contribution < -0.4 is 0 Å². The van der Waals surface area contributed by atoms with Crippen molar-refractivity contribution in [3.8, 4) is 6.07 Å². The monoisotopic (exact) mass is 235 g/mol. The first-order valence-electron chi connectivity index (χ1n) is 4.95. The standard InChI is InChI=1S/C12H10FNO3/c1-2-17-12(16)5-8-3-10(7-15)9(6-14)4-11(8)13/h3-4,7H,2,5H2,1H3. The highest BCUT2D eigenvalue weighted by Crippen LogP contribution is 2.15. The zero-order valence-electron chi connectivity index (χ0n) is 9.20. The average molecular weight is 235 g/mol. The van der Waals surface area contributed by atoms with Crippen LogP contribution in [-0.2, 0) is 16.0 Å². The molecule has 1 aromatic rings. The molecule has 1 rings (SSSR count). The minimum atomic E-state index is -0.694. The van der Waals surface area contributed by atoms with Crippen LogP contribution in [-0.4, -0.2) is 18.9 Å². The first kappa shape index (κ1) is 12.8. The van der Waals surface area contributed by atoms with Gasteiger partial charge in [-0.3, -0.25) is 9.59 Å². The van der Waals surface area contributed by atoms with Gasteiger partial charge in [-0.2, -0.15) is 5.26 Å². The van der Waals surface area contributed by atoms with E-state index < -0.39 is 11.8 Å². The maximum Gasteiger partial charge on any atom is 0.310 e. The van der Waals surface area contributed by atoms with Gasteiger partial charge in [-0.1, -0.05) is 0 Å². The summed E-state index contributed by atoms with van der Waals surface area (Å²) in [5, 5.41) is 8.66. The fourth-order valence-electron chi connectivity index (χ4n) is 1.33. The highest BCUT2D eigenvalue weighted by Gasteiger charge is 2.13. The van der Waals surface area contributed by atoms with E-state index in [1.54, 1.807) is 13.0 Å². The van der Waals surface area contributed by atoms with E-state index >= 15 is 0 Å². The van der Waals surface area contributed by atoms with Gasteiger partial charge in [0.2, 0.25) is 0 Å². The lowest BCUT2D eigenvalue weighted by Crippen LogP contribution is -2.09. The van der Waals surface area contributed by atoms with Crippen LogP contribution >= 0.6 is 0 Å². The minimum Gasteiger partial charge on any atom is -0.466 e. The molecule has 1 aromatic carbocycles. The lowest BCUT2D eigenvalue weighted by molar-refractivity contribution is -0.142. The van der Waals surface area contributed by atoms with Gasteiger partial charge in [-0.15, -0.1) is 0 Å². The number of benzene rings is 1. The smallest absolute Gasteiger partial charge is 0.310 e. The van der Waals surface area contributed by atoms with Crippen molar-refractivity contribution in [2.24, 2.45) is 0 Å². The third-order valence-electron chi connectivity index (χ3n) is 2.11. The summed E-state index contributed by atoms with van der Waals surface area (Å²) in [5.74, 6) is -1.27. The Hall–Kier alpha value is -2.22. The molecule has 0 aliphatic heterocycles. The molecule has 0 unspecified atom stereocenters. The van der Waals surface area contributed by atoms with Crippen molar-refractivity contribution >= 4 is 12.3 Å². The van der Waals surface area contributed by atoms with Crippen molar-refractivity contribution in [2.45, 2.75) is 13.3 Å². The van der Waals surface area contributed by atoms with Gasteiger partial charge in [0.15, 0.2) is 6.29 Å². The molecule has 0 saturated heterocycles. The van der Waals surface area contributed by atoms with Gasteiger partial charge >= 0.3 is 5.97 Å². The molecule has 0 spiro atoms. The summed E-state index contributed by atoms with van der Waals surface area (Å²) in [6.45, 7) is 1.85. The molecule has 0 amide bonds. The fourth-order valence-corrected chi connectivity index (χ4v) is 1.33. The van der Waals surface area contributed by atoms with Gasteiger partial charge in [0, 0.05) is 5.56 Å². The minimum absolute atomic E-state index is 0.0459. The summed E-state index contributed by atoms with van der Waals surface area (Å²) in [6.07, 6.45) is 0.193. The van der Waals surface area contributed by atoms with Crippen molar-refractivity contribution in [3.63, 3.8) is 0 Å². The van der Waals surface area contributed by atoms with Gasteiger partial charge in [-0.25, -0.2) is 4.39 Å². The second-order valence-corrected chi connectivity index (χ2v) is 3.24. The van der Waals surface area contributed by atoms with Gasteiger partial charge in [0.25, 0.3) is 0 Å².